The molecule has 2 aliphatic heterocycles. The number of hydrogen-bond acceptors (Lipinski definition) is 3. The van der Waals surface area contributed by atoms with E-state index in [0.29, 0.717) is 25.7 Å². The fourth-order valence-electron chi connectivity index (χ4n) is 4.67. The number of alkyl halides is 3. The molecular weight excluding hydrogens is 518 g/mol. The van der Waals surface area contributed by atoms with Crippen LogP contribution in [0.5, 0.6) is 0 Å². The smallest absolute Gasteiger partial charge is 0.356 e. The molecule has 31 heavy (non-hydrogen) atoms. The van der Waals surface area contributed by atoms with Crippen LogP contribution in [0.2, 0.25) is 0 Å². The van der Waals surface area contributed by atoms with Crippen molar-refractivity contribution in [1.29, 1.82) is 0 Å². The molecule has 0 saturated carbocycles. The molecule has 0 bridgehead atoms. The summed E-state index contributed by atoms with van der Waals surface area (Å²) in [5.41, 5.74) is 1.36. The van der Waals surface area contributed by atoms with E-state index in [0.717, 1.165) is 45.0 Å². The zero-order chi connectivity index (χ0) is 21.6. The Morgan fingerprint density at radius 3 is 2.39 bits per heavy atom. The van der Waals surface area contributed by atoms with Crippen molar-refractivity contribution in [2.75, 3.05) is 59.4 Å². The molecule has 9 heteroatoms. The number of likely N-dealkylation sites (tertiary alicyclic amines) is 1. The largest absolute Gasteiger partial charge is 0.401 e. The molecule has 2 fully saturated rings. The molecule has 3 rings (SSSR count). The first-order valence-corrected chi connectivity index (χ1v) is 10.9. The molecule has 176 valence electrons. The quantitative estimate of drug-likeness (QED) is 0.330. The fraction of sp³-hybridized carbons (Fsp3) is 0.682. The van der Waals surface area contributed by atoms with Crippen molar-refractivity contribution in [3.8, 4) is 0 Å². The molecular formula is C22H35F3IN5. The predicted molar refractivity (Wildman–Crippen MR) is 130 cm³/mol. The van der Waals surface area contributed by atoms with Crippen LogP contribution in [0.25, 0.3) is 0 Å². The van der Waals surface area contributed by atoms with Crippen molar-refractivity contribution in [1.82, 2.24) is 20.0 Å². The molecule has 1 aromatic carbocycles. The number of halogens is 4. The van der Waals surface area contributed by atoms with Crippen molar-refractivity contribution in [3.63, 3.8) is 0 Å². The van der Waals surface area contributed by atoms with Crippen molar-refractivity contribution < 1.29 is 13.2 Å². The molecule has 0 aromatic heterocycles. The molecule has 2 unspecified atom stereocenters. The van der Waals surface area contributed by atoms with Gasteiger partial charge in [-0.1, -0.05) is 37.3 Å². The van der Waals surface area contributed by atoms with Crippen LogP contribution in [0, 0.1) is 5.92 Å². The number of nitrogens with zero attached hydrogens (tertiary/aromatic N) is 4. The Morgan fingerprint density at radius 1 is 1.13 bits per heavy atom. The van der Waals surface area contributed by atoms with E-state index in [1.807, 2.05) is 0 Å². The molecule has 5 nitrogen and oxygen atoms in total. The van der Waals surface area contributed by atoms with Gasteiger partial charge in [0, 0.05) is 52.4 Å². The highest BCUT2D eigenvalue weighted by atomic mass is 127. The summed E-state index contributed by atoms with van der Waals surface area (Å²) in [5.74, 6) is 1.09. The molecule has 1 N–H and O–H groups in total. The average Bonchev–Trinajstić information content (AvgIpc) is 3.16. The van der Waals surface area contributed by atoms with Crippen LogP contribution >= 0.6 is 24.0 Å². The van der Waals surface area contributed by atoms with Crippen molar-refractivity contribution in [3.05, 3.63) is 35.9 Å². The van der Waals surface area contributed by atoms with Crippen molar-refractivity contribution in [2.45, 2.75) is 32.0 Å². The van der Waals surface area contributed by atoms with Crippen LogP contribution in [0.15, 0.2) is 35.3 Å². The number of rotatable bonds is 6. The number of piperazine rings is 1. The van der Waals surface area contributed by atoms with Gasteiger partial charge >= 0.3 is 6.18 Å². The normalized spacial score (nSPS) is 22.3. The first-order valence-electron chi connectivity index (χ1n) is 10.9. The van der Waals surface area contributed by atoms with Crippen LogP contribution < -0.4 is 5.32 Å². The van der Waals surface area contributed by atoms with Gasteiger partial charge in [-0.15, -0.1) is 24.0 Å². The standard InChI is InChI=1S/C22H34F3N5.HI/c1-3-20(19-7-5-4-6-8-19)29-11-13-30(14-12-29)21(26-2)27-15-18-9-10-28(16-18)17-22(23,24)25;/h4-8,18,20H,3,9-17H2,1-2H3,(H,26,27);1H. The summed E-state index contributed by atoms with van der Waals surface area (Å²) in [7, 11) is 1.78. The molecule has 2 atom stereocenters. The third-order valence-electron chi connectivity index (χ3n) is 6.16. The van der Waals surface area contributed by atoms with E-state index in [-0.39, 0.29) is 29.9 Å². The topological polar surface area (TPSA) is 34.1 Å². The van der Waals surface area contributed by atoms with Gasteiger partial charge in [0.25, 0.3) is 0 Å². The lowest BCUT2D eigenvalue weighted by Gasteiger charge is -2.40. The van der Waals surface area contributed by atoms with Crippen LogP contribution in [-0.2, 0) is 0 Å². The second-order valence-corrected chi connectivity index (χ2v) is 8.29. The summed E-state index contributed by atoms with van der Waals surface area (Å²) in [4.78, 5) is 10.7. The number of hydrogen-bond donors (Lipinski definition) is 1. The highest BCUT2D eigenvalue weighted by Gasteiger charge is 2.34. The van der Waals surface area contributed by atoms with Gasteiger partial charge in [-0.3, -0.25) is 14.8 Å². The zero-order valence-corrected chi connectivity index (χ0v) is 20.8. The third kappa shape index (κ3) is 7.78. The van der Waals surface area contributed by atoms with Crippen LogP contribution in [0.4, 0.5) is 13.2 Å². The molecule has 2 heterocycles. The number of nitrogens with one attached hydrogen (secondary N) is 1. The Balaban J connectivity index is 0.00000341. The molecule has 0 spiro atoms. The Kier molecular flexibility index (Phi) is 10.3. The summed E-state index contributed by atoms with van der Waals surface area (Å²) < 4.78 is 37.7. The van der Waals surface area contributed by atoms with Crippen LogP contribution in [-0.4, -0.2) is 86.2 Å². The zero-order valence-electron chi connectivity index (χ0n) is 18.4. The maximum Gasteiger partial charge on any atom is 0.401 e. The Hall–Kier alpha value is -1.07. The molecule has 0 radical (unpaired) electrons. The van der Waals surface area contributed by atoms with Crippen molar-refractivity contribution >= 4 is 29.9 Å². The summed E-state index contributed by atoms with van der Waals surface area (Å²) in [6.07, 6.45) is -2.25. The van der Waals surface area contributed by atoms with Gasteiger partial charge in [-0.2, -0.15) is 13.2 Å². The lowest BCUT2D eigenvalue weighted by Crippen LogP contribution is -2.53. The van der Waals surface area contributed by atoms with E-state index < -0.39 is 12.7 Å². The van der Waals surface area contributed by atoms with Gasteiger partial charge in [-0.25, -0.2) is 0 Å². The SMILES string of the molecule is CCC(c1ccccc1)N1CCN(C(=NC)NCC2CCN(CC(F)(F)F)C2)CC1.I. The summed E-state index contributed by atoms with van der Waals surface area (Å²) >= 11 is 0. The van der Waals surface area contributed by atoms with Gasteiger partial charge in [0.2, 0.25) is 0 Å². The number of guanidine groups is 1. The van der Waals surface area contributed by atoms with Gasteiger partial charge in [0.1, 0.15) is 0 Å². The van der Waals surface area contributed by atoms with E-state index in [9.17, 15) is 13.2 Å². The molecule has 2 saturated heterocycles. The van der Waals surface area contributed by atoms with E-state index >= 15 is 0 Å². The van der Waals surface area contributed by atoms with Gasteiger partial charge < -0.3 is 10.2 Å². The van der Waals surface area contributed by atoms with E-state index in [1.54, 1.807) is 7.05 Å². The molecule has 0 amide bonds. The van der Waals surface area contributed by atoms with Crippen molar-refractivity contribution in [2.24, 2.45) is 10.9 Å². The van der Waals surface area contributed by atoms with Gasteiger partial charge in [-0.05, 0) is 30.9 Å². The average molecular weight is 553 g/mol. The number of benzene rings is 1. The molecule has 1 aromatic rings. The second kappa shape index (κ2) is 12.2. The third-order valence-corrected chi connectivity index (χ3v) is 6.16. The molecule has 0 aliphatic carbocycles. The second-order valence-electron chi connectivity index (χ2n) is 8.29. The summed E-state index contributed by atoms with van der Waals surface area (Å²) in [5, 5.41) is 3.40. The highest BCUT2D eigenvalue weighted by Crippen LogP contribution is 2.25. The van der Waals surface area contributed by atoms with E-state index in [1.165, 1.54) is 10.5 Å². The predicted octanol–water partition coefficient (Wildman–Crippen LogP) is 3.83. The van der Waals surface area contributed by atoms with Crippen LogP contribution in [0.3, 0.4) is 0 Å². The van der Waals surface area contributed by atoms with E-state index in [2.05, 4.69) is 57.4 Å². The monoisotopic (exact) mass is 553 g/mol. The van der Waals surface area contributed by atoms with Gasteiger partial charge in [0.05, 0.1) is 6.54 Å². The lowest BCUT2D eigenvalue weighted by molar-refractivity contribution is -0.143. The van der Waals surface area contributed by atoms with Gasteiger partial charge in [0.15, 0.2) is 5.96 Å². The Morgan fingerprint density at radius 2 is 1.81 bits per heavy atom. The minimum atomic E-state index is -4.12. The summed E-state index contributed by atoms with van der Waals surface area (Å²) in [6.45, 7) is 6.83. The highest BCUT2D eigenvalue weighted by molar-refractivity contribution is 14.0. The maximum absolute atomic E-state index is 12.6. The van der Waals surface area contributed by atoms with Crippen LogP contribution in [0.1, 0.15) is 31.4 Å². The minimum Gasteiger partial charge on any atom is -0.356 e. The summed E-state index contributed by atoms with van der Waals surface area (Å²) in [6, 6.07) is 11.1. The maximum atomic E-state index is 12.6. The fourth-order valence-corrected chi connectivity index (χ4v) is 4.67. The number of aliphatic imine (C=N–C) groups is 1. The Labute approximate surface area is 201 Å². The first kappa shape index (κ1) is 26.2. The minimum absolute atomic E-state index is 0. The Bertz CT molecular complexity index is 677. The molecule has 2 aliphatic rings. The van der Waals surface area contributed by atoms with E-state index in [4.69, 9.17) is 0 Å². The first-order chi connectivity index (χ1) is 14.4. The lowest BCUT2D eigenvalue weighted by atomic mass is 10.0.